The third-order valence-electron chi connectivity index (χ3n) is 4.22. The van der Waals surface area contributed by atoms with Crippen LogP contribution < -0.4 is 27.2 Å². The lowest BCUT2D eigenvalue weighted by molar-refractivity contribution is -0.124. The Morgan fingerprint density at radius 1 is 1.19 bits per heavy atom. The van der Waals surface area contributed by atoms with Crippen LogP contribution >= 0.6 is 0 Å². The Balaban J connectivity index is 0.00000363. The maximum Gasteiger partial charge on any atom is 0.258 e. The van der Waals surface area contributed by atoms with Gasteiger partial charge in [-0.3, -0.25) is 4.79 Å². The van der Waals surface area contributed by atoms with Gasteiger partial charge in [0.1, 0.15) is 11.9 Å². The van der Waals surface area contributed by atoms with Gasteiger partial charge in [-0.15, -0.1) is 0 Å². The lowest BCUT2D eigenvalue weighted by atomic mass is 10.1. The van der Waals surface area contributed by atoms with Gasteiger partial charge >= 0.3 is 0 Å². The molecular weight excluding hydrogens is 428 g/mol. The van der Waals surface area contributed by atoms with Crippen LogP contribution in [-0.2, 0) is 4.79 Å². The minimum absolute atomic E-state index is 0. The second kappa shape index (κ2) is 10.7. The predicted molar refractivity (Wildman–Crippen MR) is 121 cm³/mol. The van der Waals surface area contributed by atoms with Crippen LogP contribution in [0.1, 0.15) is 39.1 Å². The van der Waals surface area contributed by atoms with Gasteiger partial charge in [-0.1, -0.05) is 18.2 Å². The van der Waals surface area contributed by atoms with Crippen molar-refractivity contribution in [2.24, 2.45) is 0 Å². The van der Waals surface area contributed by atoms with Crippen LogP contribution in [0.15, 0.2) is 42.5 Å². The summed E-state index contributed by atoms with van der Waals surface area (Å²) in [5.41, 5.74) is 2.49. The standard InChI is InChI=1S/C24H26N4O3.ClH/c1-5-30-21-13-16(10-11-20(21)31-15-22(29)28-24(2,3)4)12-17(14-25)23-26-18-8-6-7-9-19(18)27-23;/h6-13H,5,15H2,1-4H3,(H,26,27)(H,28,29);1H/p-1/b17-12+;. The molecule has 1 amide bonds. The van der Waals surface area contributed by atoms with Crippen LogP contribution in [0, 0.1) is 11.3 Å². The molecule has 8 heteroatoms. The maximum absolute atomic E-state index is 12.1. The van der Waals surface area contributed by atoms with E-state index >= 15 is 0 Å². The summed E-state index contributed by atoms with van der Waals surface area (Å²) in [4.78, 5) is 19.7. The number of hydrogen-bond acceptors (Lipinski definition) is 5. The lowest BCUT2D eigenvalue weighted by Crippen LogP contribution is -3.00. The Morgan fingerprint density at radius 3 is 2.59 bits per heavy atom. The number of amides is 1. The molecule has 32 heavy (non-hydrogen) atoms. The molecule has 0 spiro atoms. The van der Waals surface area contributed by atoms with Gasteiger partial charge in [-0.05, 0) is 63.6 Å². The summed E-state index contributed by atoms with van der Waals surface area (Å²) in [6.45, 7) is 7.92. The third kappa shape index (κ3) is 6.50. The van der Waals surface area contributed by atoms with E-state index in [9.17, 15) is 10.1 Å². The summed E-state index contributed by atoms with van der Waals surface area (Å²) in [6.07, 6.45) is 1.73. The first kappa shape index (κ1) is 24.8. The number of halogens is 1. The Hall–Kier alpha value is -3.50. The minimum Gasteiger partial charge on any atom is -1.00 e. The van der Waals surface area contributed by atoms with Crippen molar-refractivity contribution in [2.45, 2.75) is 33.2 Å². The fourth-order valence-electron chi connectivity index (χ4n) is 3.00. The zero-order valence-electron chi connectivity index (χ0n) is 18.5. The molecule has 0 aliphatic heterocycles. The molecule has 0 unspecified atom stereocenters. The monoisotopic (exact) mass is 453 g/mol. The van der Waals surface area contributed by atoms with Crippen molar-refractivity contribution >= 4 is 28.6 Å². The van der Waals surface area contributed by atoms with Gasteiger partial charge in [-0.25, -0.2) is 4.98 Å². The first-order valence-corrected chi connectivity index (χ1v) is 10.1. The summed E-state index contributed by atoms with van der Waals surface area (Å²) in [5, 5.41) is 12.5. The highest BCUT2D eigenvalue weighted by molar-refractivity contribution is 5.90. The van der Waals surface area contributed by atoms with Gasteiger partial charge < -0.3 is 32.2 Å². The maximum atomic E-state index is 12.1. The second-order valence-corrected chi connectivity index (χ2v) is 8.00. The summed E-state index contributed by atoms with van der Waals surface area (Å²) in [7, 11) is 0. The molecule has 0 aliphatic rings. The van der Waals surface area contributed by atoms with Gasteiger partial charge in [-0.2, -0.15) is 5.26 Å². The number of benzene rings is 2. The molecule has 0 fully saturated rings. The number of H-pyrrole nitrogens is 1. The molecule has 0 saturated heterocycles. The number of hydrogen-bond donors (Lipinski definition) is 2. The number of nitrogens with one attached hydrogen (secondary N) is 2. The number of rotatable bonds is 7. The molecule has 3 rings (SSSR count). The highest BCUT2D eigenvalue weighted by Gasteiger charge is 2.15. The van der Waals surface area contributed by atoms with Crippen LogP contribution in [0.2, 0.25) is 0 Å². The van der Waals surface area contributed by atoms with Crippen LogP contribution in [-0.4, -0.2) is 34.6 Å². The third-order valence-corrected chi connectivity index (χ3v) is 4.22. The van der Waals surface area contributed by atoms with E-state index < -0.39 is 0 Å². The molecule has 7 nitrogen and oxygen atoms in total. The molecule has 2 aromatic carbocycles. The molecule has 0 aliphatic carbocycles. The molecule has 0 bridgehead atoms. The number of para-hydroxylation sites is 2. The van der Waals surface area contributed by atoms with E-state index in [1.165, 1.54) is 0 Å². The molecule has 0 atom stereocenters. The van der Waals surface area contributed by atoms with Gasteiger partial charge in [0.2, 0.25) is 0 Å². The Kier molecular flexibility index (Phi) is 8.27. The van der Waals surface area contributed by atoms with Crippen molar-refractivity contribution in [1.29, 1.82) is 5.26 Å². The molecular formula is C24H26ClN4O3-. The Labute approximate surface area is 193 Å². The summed E-state index contributed by atoms with van der Waals surface area (Å²) in [6, 6.07) is 15.1. The predicted octanol–water partition coefficient (Wildman–Crippen LogP) is 1.32. The first-order chi connectivity index (χ1) is 14.8. The fourth-order valence-corrected chi connectivity index (χ4v) is 3.00. The molecule has 0 radical (unpaired) electrons. The number of nitriles is 1. The fraction of sp³-hybridized carbons (Fsp3) is 0.292. The first-order valence-electron chi connectivity index (χ1n) is 10.1. The van der Waals surface area contributed by atoms with Gasteiger partial charge in [0.05, 0.1) is 23.2 Å². The number of ether oxygens (including phenoxy) is 2. The average molecular weight is 454 g/mol. The van der Waals surface area contributed by atoms with Crippen molar-refractivity contribution in [3.8, 4) is 17.6 Å². The number of aromatic nitrogens is 2. The lowest BCUT2D eigenvalue weighted by Gasteiger charge is -2.20. The summed E-state index contributed by atoms with van der Waals surface area (Å²) < 4.78 is 11.4. The molecule has 3 aromatic rings. The van der Waals surface area contributed by atoms with Crippen LogP contribution in [0.25, 0.3) is 22.7 Å². The largest absolute Gasteiger partial charge is 1.00 e. The highest BCUT2D eigenvalue weighted by Crippen LogP contribution is 2.30. The normalized spacial score (nSPS) is 11.4. The van der Waals surface area contributed by atoms with Crippen molar-refractivity contribution < 1.29 is 26.7 Å². The average Bonchev–Trinajstić information content (AvgIpc) is 3.14. The van der Waals surface area contributed by atoms with E-state index in [2.05, 4.69) is 21.4 Å². The molecule has 1 heterocycles. The van der Waals surface area contributed by atoms with Crippen molar-refractivity contribution in [3.05, 3.63) is 53.9 Å². The van der Waals surface area contributed by atoms with E-state index in [-0.39, 0.29) is 30.5 Å². The number of fused-ring (bicyclic) bond motifs is 1. The molecule has 0 saturated carbocycles. The van der Waals surface area contributed by atoms with Crippen LogP contribution in [0.4, 0.5) is 0 Å². The SMILES string of the molecule is CCOc1cc(/C=C(\C#N)c2nc3ccccc3[nH]2)ccc1OCC(=O)NC(C)(C)C.[Cl-]. The minimum atomic E-state index is -0.331. The quantitative estimate of drug-likeness (QED) is 0.525. The Bertz CT molecular complexity index is 1120. The number of carbonyl (C=O) groups excluding carboxylic acids is 1. The zero-order valence-corrected chi connectivity index (χ0v) is 19.3. The summed E-state index contributed by atoms with van der Waals surface area (Å²) >= 11 is 0. The van der Waals surface area contributed by atoms with Gasteiger partial charge in [0.15, 0.2) is 18.1 Å². The van der Waals surface area contributed by atoms with Crippen LogP contribution in [0.5, 0.6) is 11.5 Å². The Morgan fingerprint density at radius 2 is 1.94 bits per heavy atom. The van der Waals surface area contributed by atoms with E-state index in [0.29, 0.717) is 29.5 Å². The molecule has 1 aromatic heterocycles. The number of imidazole rings is 1. The summed E-state index contributed by atoms with van der Waals surface area (Å²) in [5.74, 6) is 1.25. The topological polar surface area (TPSA) is 100 Å². The van der Waals surface area contributed by atoms with Gasteiger partial charge in [0, 0.05) is 5.54 Å². The van der Waals surface area contributed by atoms with E-state index in [4.69, 9.17) is 9.47 Å². The van der Waals surface area contributed by atoms with Gasteiger partial charge in [0.25, 0.3) is 5.91 Å². The zero-order chi connectivity index (χ0) is 22.4. The van der Waals surface area contributed by atoms with E-state index in [1.807, 2.05) is 52.0 Å². The number of aromatic amines is 1. The van der Waals surface area contributed by atoms with Crippen LogP contribution in [0.3, 0.4) is 0 Å². The van der Waals surface area contributed by atoms with E-state index in [1.54, 1.807) is 24.3 Å². The van der Waals surface area contributed by atoms with Crippen molar-refractivity contribution in [3.63, 3.8) is 0 Å². The number of nitrogens with zero attached hydrogens (tertiary/aromatic N) is 2. The highest BCUT2D eigenvalue weighted by atomic mass is 35.5. The number of allylic oxidation sites excluding steroid dienone is 1. The van der Waals surface area contributed by atoms with Crippen molar-refractivity contribution in [1.82, 2.24) is 15.3 Å². The molecule has 168 valence electrons. The van der Waals surface area contributed by atoms with E-state index in [0.717, 1.165) is 16.6 Å². The number of carbonyl (C=O) groups is 1. The smallest absolute Gasteiger partial charge is 0.258 e. The van der Waals surface area contributed by atoms with Crippen molar-refractivity contribution in [2.75, 3.05) is 13.2 Å². The molecule has 2 N–H and O–H groups in total. The second-order valence-electron chi connectivity index (χ2n) is 8.00.